The molecule has 0 radical (unpaired) electrons. The first-order valence-corrected chi connectivity index (χ1v) is 10.2. The smallest absolute Gasteiger partial charge is 0.261 e. The van der Waals surface area contributed by atoms with E-state index in [0.29, 0.717) is 18.0 Å². The summed E-state index contributed by atoms with van der Waals surface area (Å²) in [5, 5.41) is 3.04. The van der Waals surface area contributed by atoms with Crippen molar-refractivity contribution in [3.8, 4) is 0 Å². The van der Waals surface area contributed by atoms with Crippen LogP contribution in [0.4, 0.5) is 5.69 Å². The molecular formula is C19H23ClN2O3S. The summed E-state index contributed by atoms with van der Waals surface area (Å²) in [7, 11) is -3.79. The summed E-state index contributed by atoms with van der Waals surface area (Å²) in [6.45, 7) is 6.59. The van der Waals surface area contributed by atoms with Gasteiger partial charge in [0.25, 0.3) is 15.9 Å². The molecule has 0 unspecified atom stereocenters. The molecule has 0 saturated heterocycles. The highest BCUT2D eigenvalue weighted by Crippen LogP contribution is 2.26. The zero-order valence-electron chi connectivity index (χ0n) is 15.0. The largest absolute Gasteiger partial charge is 0.352 e. The van der Waals surface area contributed by atoms with Gasteiger partial charge >= 0.3 is 0 Å². The summed E-state index contributed by atoms with van der Waals surface area (Å²) < 4.78 is 27.5. The van der Waals surface area contributed by atoms with Crippen LogP contribution in [-0.2, 0) is 10.0 Å². The van der Waals surface area contributed by atoms with E-state index in [0.717, 1.165) is 12.0 Å². The topological polar surface area (TPSA) is 75.3 Å². The Hall–Kier alpha value is -2.05. The van der Waals surface area contributed by atoms with E-state index in [1.54, 1.807) is 18.2 Å². The molecule has 0 atom stereocenters. The van der Waals surface area contributed by atoms with Crippen LogP contribution in [0.2, 0.25) is 5.02 Å². The first-order chi connectivity index (χ1) is 12.2. The lowest BCUT2D eigenvalue weighted by Crippen LogP contribution is -2.25. The molecule has 2 aromatic carbocycles. The summed E-state index contributed by atoms with van der Waals surface area (Å²) >= 11 is 6.11. The molecule has 0 aliphatic heterocycles. The van der Waals surface area contributed by atoms with Crippen molar-refractivity contribution in [1.29, 1.82) is 0 Å². The second-order valence-electron chi connectivity index (χ2n) is 6.55. The van der Waals surface area contributed by atoms with E-state index in [2.05, 4.69) is 23.9 Å². The number of carbonyl (C=O) groups is 1. The van der Waals surface area contributed by atoms with Gasteiger partial charge in [0.1, 0.15) is 0 Å². The predicted octanol–water partition coefficient (Wildman–Crippen LogP) is 4.23. The van der Waals surface area contributed by atoms with Crippen LogP contribution in [0, 0.1) is 12.8 Å². The highest BCUT2D eigenvalue weighted by Gasteiger charge is 2.17. The molecule has 2 N–H and O–H groups in total. The Morgan fingerprint density at radius 2 is 1.77 bits per heavy atom. The molecule has 5 nitrogen and oxygen atoms in total. The van der Waals surface area contributed by atoms with Gasteiger partial charge in [-0.2, -0.15) is 0 Å². The van der Waals surface area contributed by atoms with E-state index in [1.165, 1.54) is 24.3 Å². The zero-order chi connectivity index (χ0) is 19.3. The number of hydrogen-bond donors (Lipinski definition) is 2. The minimum Gasteiger partial charge on any atom is -0.352 e. The molecule has 0 heterocycles. The Morgan fingerprint density at radius 3 is 2.38 bits per heavy atom. The molecule has 0 bridgehead atoms. The van der Waals surface area contributed by atoms with Crippen molar-refractivity contribution in [3.63, 3.8) is 0 Å². The monoisotopic (exact) mass is 394 g/mol. The molecule has 0 aliphatic carbocycles. The van der Waals surface area contributed by atoms with Gasteiger partial charge in [-0.15, -0.1) is 0 Å². The standard InChI is InChI=1S/C19H23ClN2O3S/c1-13(2)10-11-21-19(23)15-6-9-17(20)18(12-15)22-26(24,25)16-7-4-14(3)5-8-16/h4-9,12-13,22H,10-11H2,1-3H3,(H,21,23). The number of anilines is 1. The fourth-order valence-electron chi connectivity index (χ4n) is 2.24. The fraction of sp³-hybridized carbons (Fsp3) is 0.316. The summed E-state index contributed by atoms with van der Waals surface area (Å²) in [4.78, 5) is 12.4. The Balaban J connectivity index is 2.19. The number of nitrogens with one attached hydrogen (secondary N) is 2. The van der Waals surface area contributed by atoms with E-state index in [9.17, 15) is 13.2 Å². The van der Waals surface area contributed by atoms with Crippen molar-refractivity contribution in [3.05, 3.63) is 58.6 Å². The highest BCUT2D eigenvalue weighted by molar-refractivity contribution is 7.92. The van der Waals surface area contributed by atoms with Gasteiger partial charge < -0.3 is 5.32 Å². The van der Waals surface area contributed by atoms with E-state index >= 15 is 0 Å². The molecule has 2 aromatic rings. The van der Waals surface area contributed by atoms with Gasteiger partial charge in [-0.25, -0.2) is 8.42 Å². The predicted molar refractivity (Wildman–Crippen MR) is 105 cm³/mol. The number of benzene rings is 2. The molecule has 26 heavy (non-hydrogen) atoms. The van der Waals surface area contributed by atoms with Gasteiger partial charge in [-0.3, -0.25) is 9.52 Å². The van der Waals surface area contributed by atoms with Gasteiger partial charge in [0.15, 0.2) is 0 Å². The number of amides is 1. The van der Waals surface area contributed by atoms with Crippen molar-refractivity contribution in [2.75, 3.05) is 11.3 Å². The van der Waals surface area contributed by atoms with Crippen molar-refractivity contribution in [1.82, 2.24) is 5.32 Å². The number of aryl methyl sites for hydroxylation is 1. The second-order valence-corrected chi connectivity index (χ2v) is 8.64. The maximum atomic E-state index is 12.5. The maximum absolute atomic E-state index is 12.5. The number of halogens is 1. The quantitative estimate of drug-likeness (QED) is 0.738. The lowest BCUT2D eigenvalue weighted by Gasteiger charge is -2.12. The average Bonchev–Trinajstić information content (AvgIpc) is 2.56. The molecule has 0 aromatic heterocycles. The van der Waals surface area contributed by atoms with Crippen molar-refractivity contribution in [2.45, 2.75) is 32.1 Å². The van der Waals surface area contributed by atoms with Gasteiger partial charge in [0.05, 0.1) is 15.6 Å². The van der Waals surface area contributed by atoms with Crippen LogP contribution in [0.3, 0.4) is 0 Å². The number of hydrogen-bond acceptors (Lipinski definition) is 3. The number of sulfonamides is 1. The van der Waals surface area contributed by atoms with E-state index in [1.807, 2.05) is 6.92 Å². The molecule has 7 heteroatoms. The van der Waals surface area contributed by atoms with Crippen LogP contribution >= 0.6 is 11.6 Å². The Bertz CT molecular complexity index is 878. The maximum Gasteiger partial charge on any atom is 0.261 e. The highest BCUT2D eigenvalue weighted by atomic mass is 35.5. The van der Waals surface area contributed by atoms with Crippen LogP contribution < -0.4 is 10.0 Å². The minimum atomic E-state index is -3.79. The first-order valence-electron chi connectivity index (χ1n) is 8.36. The van der Waals surface area contributed by atoms with Crippen molar-refractivity contribution >= 4 is 33.2 Å². The lowest BCUT2D eigenvalue weighted by atomic mass is 10.1. The molecular weight excluding hydrogens is 372 g/mol. The van der Waals surface area contributed by atoms with Crippen molar-refractivity contribution in [2.24, 2.45) is 5.92 Å². The summed E-state index contributed by atoms with van der Waals surface area (Å²) in [6, 6.07) is 11.0. The normalized spacial score (nSPS) is 11.4. The second kappa shape index (κ2) is 8.56. The third kappa shape index (κ3) is 5.47. The van der Waals surface area contributed by atoms with Crippen LogP contribution in [-0.4, -0.2) is 20.9 Å². The Labute approximate surface area is 159 Å². The van der Waals surface area contributed by atoms with Gasteiger partial charge in [0, 0.05) is 12.1 Å². The summed E-state index contributed by atoms with van der Waals surface area (Å²) in [6.07, 6.45) is 0.867. The summed E-state index contributed by atoms with van der Waals surface area (Å²) in [5.41, 5.74) is 1.48. The fourth-order valence-corrected chi connectivity index (χ4v) is 3.53. The van der Waals surface area contributed by atoms with Gasteiger partial charge in [-0.1, -0.05) is 43.1 Å². The molecule has 0 aliphatic rings. The molecule has 1 amide bonds. The van der Waals surface area contributed by atoms with Crippen molar-refractivity contribution < 1.29 is 13.2 Å². The van der Waals surface area contributed by atoms with Gasteiger partial charge in [-0.05, 0) is 49.6 Å². The Kier molecular flexibility index (Phi) is 6.67. The van der Waals surface area contributed by atoms with Crippen LogP contribution in [0.25, 0.3) is 0 Å². The molecule has 0 spiro atoms. The van der Waals surface area contributed by atoms with E-state index < -0.39 is 10.0 Å². The van der Waals surface area contributed by atoms with Crippen LogP contribution in [0.5, 0.6) is 0 Å². The van der Waals surface area contributed by atoms with Crippen LogP contribution in [0.1, 0.15) is 36.2 Å². The molecule has 2 rings (SSSR count). The van der Waals surface area contributed by atoms with E-state index in [4.69, 9.17) is 11.6 Å². The Morgan fingerprint density at radius 1 is 1.12 bits per heavy atom. The molecule has 0 saturated carbocycles. The first kappa shape index (κ1) is 20.3. The number of carbonyl (C=O) groups excluding carboxylic acids is 1. The average molecular weight is 395 g/mol. The van der Waals surface area contributed by atoms with E-state index in [-0.39, 0.29) is 21.5 Å². The van der Waals surface area contributed by atoms with Crippen LogP contribution in [0.15, 0.2) is 47.4 Å². The molecule has 140 valence electrons. The lowest BCUT2D eigenvalue weighted by molar-refractivity contribution is 0.0952. The number of rotatable bonds is 7. The zero-order valence-corrected chi connectivity index (χ0v) is 16.6. The molecule has 0 fully saturated rings. The minimum absolute atomic E-state index is 0.131. The third-order valence-corrected chi connectivity index (χ3v) is 5.52. The SMILES string of the molecule is Cc1ccc(S(=O)(=O)Nc2cc(C(=O)NCCC(C)C)ccc2Cl)cc1. The van der Waals surface area contributed by atoms with Gasteiger partial charge in [0.2, 0.25) is 0 Å². The third-order valence-electron chi connectivity index (χ3n) is 3.81. The summed E-state index contributed by atoms with van der Waals surface area (Å²) in [5.74, 6) is 0.218.